The Bertz CT molecular complexity index is 1510. The number of ketones is 1. The van der Waals surface area contributed by atoms with Gasteiger partial charge in [-0.05, 0) is 42.3 Å². The van der Waals surface area contributed by atoms with Crippen LogP contribution in [0, 0.1) is 17.0 Å². The number of hydrogen-bond acceptors (Lipinski definition) is 6. The SMILES string of the molecule is Cc1nc2ccccn2c1/C(O)=C1\C(=O)C(=O)N(Cc2ccccc2)C1c1ccc([N+](=O)[O-])cc1. The van der Waals surface area contributed by atoms with E-state index >= 15 is 0 Å². The van der Waals surface area contributed by atoms with Crippen LogP contribution < -0.4 is 0 Å². The van der Waals surface area contributed by atoms with Crippen LogP contribution in [0.25, 0.3) is 11.4 Å². The van der Waals surface area contributed by atoms with Crippen molar-refractivity contribution >= 4 is 28.8 Å². The number of nitro benzene ring substituents is 1. The number of carbonyl (C=O) groups excluding carboxylic acids is 2. The molecule has 2 aromatic heterocycles. The first-order valence-corrected chi connectivity index (χ1v) is 10.9. The van der Waals surface area contributed by atoms with Crippen molar-refractivity contribution in [2.75, 3.05) is 0 Å². The second kappa shape index (κ2) is 8.53. The summed E-state index contributed by atoms with van der Waals surface area (Å²) in [4.78, 5) is 43.0. The van der Waals surface area contributed by atoms with Crippen LogP contribution in [0.3, 0.4) is 0 Å². The van der Waals surface area contributed by atoms with E-state index in [1.165, 1.54) is 29.2 Å². The highest BCUT2D eigenvalue weighted by atomic mass is 16.6. The molecule has 5 rings (SSSR count). The van der Waals surface area contributed by atoms with E-state index in [-0.39, 0.29) is 23.6 Å². The van der Waals surface area contributed by atoms with E-state index in [1.807, 2.05) is 30.3 Å². The van der Waals surface area contributed by atoms with Gasteiger partial charge in [-0.15, -0.1) is 0 Å². The van der Waals surface area contributed by atoms with Crippen LogP contribution in [0.1, 0.15) is 28.6 Å². The number of aromatic nitrogens is 2. The van der Waals surface area contributed by atoms with Gasteiger partial charge in [0.2, 0.25) is 0 Å². The third-order valence-electron chi connectivity index (χ3n) is 6.08. The summed E-state index contributed by atoms with van der Waals surface area (Å²) >= 11 is 0. The molecule has 4 aromatic rings. The molecule has 1 amide bonds. The number of carbonyl (C=O) groups is 2. The number of fused-ring (bicyclic) bond motifs is 1. The van der Waals surface area contributed by atoms with Crippen LogP contribution in [0.15, 0.2) is 84.6 Å². The molecule has 9 nitrogen and oxygen atoms in total. The average molecular weight is 468 g/mol. The van der Waals surface area contributed by atoms with Gasteiger partial charge < -0.3 is 10.0 Å². The molecule has 1 atom stereocenters. The van der Waals surface area contributed by atoms with E-state index in [4.69, 9.17) is 0 Å². The molecule has 2 aromatic carbocycles. The molecule has 1 unspecified atom stereocenters. The van der Waals surface area contributed by atoms with Crippen LogP contribution in [-0.2, 0) is 16.1 Å². The van der Waals surface area contributed by atoms with Crippen molar-refractivity contribution in [2.45, 2.75) is 19.5 Å². The Balaban J connectivity index is 1.71. The Morgan fingerprint density at radius 2 is 1.71 bits per heavy atom. The van der Waals surface area contributed by atoms with Crippen LogP contribution in [0.2, 0.25) is 0 Å². The fourth-order valence-electron chi connectivity index (χ4n) is 4.47. The maximum atomic E-state index is 13.3. The fourth-order valence-corrected chi connectivity index (χ4v) is 4.47. The lowest BCUT2D eigenvalue weighted by molar-refractivity contribution is -0.384. The van der Waals surface area contributed by atoms with Gasteiger partial charge in [-0.2, -0.15) is 0 Å². The number of aliphatic hydroxyl groups is 1. The van der Waals surface area contributed by atoms with Gasteiger partial charge >= 0.3 is 0 Å². The van der Waals surface area contributed by atoms with Crippen LogP contribution in [0.4, 0.5) is 5.69 Å². The molecule has 0 saturated carbocycles. The van der Waals surface area contributed by atoms with Crippen molar-refractivity contribution in [3.8, 4) is 0 Å². The molecule has 35 heavy (non-hydrogen) atoms. The molecule has 0 radical (unpaired) electrons. The van der Waals surface area contributed by atoms with E-state index in [9.17, 15) is 24.8 Å². The van der Waals surface area contributed by atoms with Gasteiger partial charge in [0.25, 0.3) is 17.4 Å². The first kappa shape index (κ1) is 22.0. The van der Waals surface area contributed by atoms with E-state index in [0.29, 0.717) is 22.6 Å². The molecule has 1 saturated heterocycles. The van der Waals surface area contributed by atoms with Crippen molar-refractivity contribution < 1.29 is 19.6 Å². The Kier molecular flexibility index (Phi) is 5.37. The van der Waals surface area contributed by atoms with Crippen molar-refractivity contribution in [3.63, 3.8) is 0 Å². The second-order valence-corrected chi connectivity index (χ2v) is 8.24. The Morgan fingerprint density at radius 3 is 2.40 bits per heavy atom. The third-order valence-corrected chi connectivity index (χ3v) is 6.08. The fraction of sp³-hybridized carbons (Fsp3) is 0.115. The summed E-state index contributed by atoms with van der Waals surface area (Å²) < 4.78 is 1.65. The number of aryl methyl sites for hydroxylation is 1. The van der Waals surface area contributed by atoms with E-state index < -0.39 is 22.7 Å². The Hall–Kier alpha value is -4.79. The standard InChI is InChI=1S/C26H20N4O5/c1-16-22(28-14-6-5-9-20(28)27-16)24(31)21-23(18-10-12-19(13-11-18)30(34)35)29(26(33)25(21)32)15-17-7-3-2-4-8-17/h2-14,23,31H,15H2,1H3/b24-21+. The number of amides is 1. The maximum Gasteiger partial charge on any atom is 0.295 e. The number of benzene rings is 2. The lowest BCUT2D eigenvalue weighted by Crippen LogP contribution is -2.29. The lowest BCUT2D eigenvalue weighted by atomic mass is 9.96. The molecular formula is C26H20N4O5. The van der Waals surface area contributed by atoms with Gasteiger partial charge in [0, 0.05) is 24.9 Å². The van der Waals surface area contributed by atoms with Crippen molar-refractivity contribution in [1.29, 1.82) is 0 Å². The Morgan fingerprint density at radius 1 is 1.03 bits per heavy atom. The predicted molar refractivity (Wildman–Crippen MR) is 127 cm³/mol. The first-order chi connectivity index (χ1) is 16.9. The lowest BCUT2D eigenvalue weighted by Gasteiger charge is -2.25. The van der Waals surface area contributed by atoms with E-state index in [1.54, 1.807) is 35.7 Å². The number of nitrogens with zero attached hydrogens (tertiary/aromatic N) is 4. The number of non-ortho nitro benzene ring substituents is 1. The normalized spacial score (nSPS) is 17.3. The molecule has 1 N–H and O–H groups in total. The summed E-state index contributed by atoms with van der Waals surface area (Å²) in [6, 6.07) is 19.2. The number of imidazole rings is 1. The van der Waals surface area contributed by atoms with E-state index in [2.05, 4.69) is 4.98 Å². The van der Waals surface area contributed by atoms with Gasteiger partial charge in [0.15, 0.2) is 5.76 Å². The summed E-state index contributed by atoms with van der Waals surface area (Å²) in [6.07, 6.45) is 1.71. The van der Waals surface area contributed by atoms with Crippen molar-refractivity contribution in [2.24, 2.45) is 0 Å². The Labute approximate surface area is 199 Å². The quantitative estimate of drug-likeness (QED) is 0.154. The monoisotopic (exact) mass is 468 g/mol. The molecule has 0 spiro atoms. The maximum absolute atomic E-state index is 13.3. The minimum absolute atomic E-state index is 0.0893. The van der Waals surface area contributed by atoms with E-state index in [0.717, 1.165) is 5.56 Å². The van der Waals surface area contributed by atoms with Crippen molar-refractivity contribution in [1.82, 2.24) is 14.3 Å². The summed E-state index contributed by atoms with van der Waals surface area (Å²) in [5, 5.41) is 22.6. The third kappa shape index (κ3) is 3.72. The number of likely N-dealkylation sites (tertiary alicyclic amines) is 1. The highest BCUT2D eigenvalue weighted by molar-refractivity contribution is 6.46. The average Bonchev–Trinajstić information content (AvgIpc) is 3.33. The number of nitro groups is 1. The zero-order valence-electron chi connectivity index (χ0n) is 18.7. The minimum atomic E-state index is -0.940. The predicted octanol–water partition coefficient (Wildman–Crippen LogP) is 4.17. The smallest absolute Gasteiger partial charge is 0.295 e. The van der Waals surface area contributed by atoms with Gasteiger partial charge in [0.1, 0.15) is 11.3 Å². The molecule has 1 fully saturated rings. The van der Waals surface area contributed by atoms with Gasteiger partial charge in [0.05, 0.1) is 22.2 Å². The molecule has 1 aliphatic heterocycles. The highest BCUT2D eigenvalue weighted by Crippen LogP contribution is 2.41. The molecule has 3 heterocycles. The van der Waals surface area contributed by atoms with Crippen LogP contribution in [-0.4, -0.2) is 36.0 Å². The van der Waals surface area contributed by atoms with Crippen LogP contribution >= 0.6 is 0 Å². The summed E-state index contributed by atoms with van der Waals surface area (Å²) in [6.45, 7) is 1.83. The van der Waals surface area contributed by atoms with Crippen molar-refractivity contribution in [3.05, 3.63) is 117 Å². The number of aliphatic hydroxyl groups excluding tert-OH is 1. The number of hydrogen-bond donors (Lipinski definition) is 1. The molecule has 0 aliphatic carbocycles. The largest absolute Gasteiger partial charge is 0.505 e. The topological polar surface area (TPSA) is 118 Å². The van der Waals surface area contributed by atoms with Gasteiger partial charge in [-0.25, -0.2) is 4.98 Å². The van der Waals surface area contributed by atoms with Gasteiger partial charge in [-0.1, -0.05) is 36.4 Å². The molecular weight excluding hydrogens is 448 g/mol. The highest BCUT2D eigenvalue weighted by Gasteiger charge is 2.46. The number of pyridine rings is 1. The summed E-state index contributed by atoms with van der Waals surface area (Å²) in [5.74, 6) is -1.93. The first-order valence-electron chi connectivity index (χ1n) is 10.9. The number of Topliss-reactive ketones (excluding diaryl/α,β-unsaturated/α-hetero) is 1. The molecule has 1 aliphatic rings. The zero-order valence-corrected chi connectivity index (χ0v) is 18.7. The summed E-state index contributed by atoms with van der Waals surface area (Å²) in [5.41, 5.74) is 2.44. The van der Waals surface area contributed by atoms with Crippen LogP contribution in [0.5, 0.6) is 0 Å². The van der Waals surface area contributed by atoms with Gasteiger partial charge in [-0.3, -0.25) is 24.1 Å². The second-order valence-electron chi connectivity index (χ2n) is 8.24. The number of rotatable bonds is 5. The molecule has 0 bridgehead atoms. The zero-order chi connectivity index (χ0) is 24.7. The minimum Gasteiger partial charge on any atom is -0.505 e. The molecule has 9 heteroatoms. The summed E-state index contributed by atoms with van der Waals surface area (Å²) in [7, 11) is 0. The molecule has 174 valence electrons.